The van der Waals surface area contributed by atoms with Crippen molar-refractivity contribution in [1.29, 1.82) is 0 Å². The zero-order valence-electron chi connectivity index (χ0n) is 17.3. The Morgan fingerprint density at radius 3 is 2.21 bits per heavy atom. The van der Waals surface area contributed by atoms with Crippen LogP contribution in [0.5, 0.6) is 0 Å². The first kappa shape index (κ1) is 20.7. The predicted molar refractivity (Wildman–Crippen MR) is 140 cm³/mol. The summed E-state index contributed by atoms with van der Waals surface area (Å²) in [6.45, 7) is 0. The van der Waals surface area contributed by atoms with E-state index in [4.69, 9.17) is 0 Å². The molecule has 0 aliphatic heterocycles. The molecule has 7 aromatic rings. The summed E-state index contributed by atoms with van der Waals surface area (Å²) in [6, 6.07) is 35.6. The van der Waals surface area contributed by atoms with Crippen LogP contribution in [0.3, 0.4) is 0 Å². The number of benzene rings is 4. The Bertz CT molecular complexity index is 1780. The van der Waals surface area contributed by atoms with Crippen LogP contribution in [0.4, 0.5) is 0 Å². The summed E-state index contributed by atoms with van der Waals surface area (Å²) >= 11 is 3.81. The molecule has 0 N–H and O–H groups in total. The molecule has 0 unspecified atom stereocenters. The van der Waals surface area contributed by atoms with Crippen LogP contribution in [-0.4, -0.2) is 4.98 Å². The first-order chi connectivity index (χ1) is 15.9. The van der Waals surface area contributed by atoms with Crippen molar-refractivity contribution in [1.82, 2.24) is 4.98 Å². The number of aromatic nitrogens is 1. The summed E-state index contributed by atoms with van der Waals surface area (Å²) in [7, 11) is 0. The maximum Gasteiger partial charge on any atom is 0.0540 e. The van der Waals surface area contributed by atoms with Crippen molar-refractivity contribution >= 4 is 63.0 Å². The van der Waals surface area contributed by atoms with E-state index in [2.05, 4.69) is 83.8 Å². The Labute approximate surface area is 212 Å². The van der Waals surface area contributed by atoms with Crippen molar-refractivity contribution in [3.63, 3.8) is 0 Å². The summed E-state index contributed by atoms with van der Waals surface area (Å²) in [5, 5.41) is 5.34. The zero-order valence-corrected chi connectivity index (χ0v) is 21.4. The van der Waals surface area contributed by atoms with Gasteiger partial charge in [-0.25, -0.2) is 0 Å². The topological polar surface area (TPSA) is 12.9 Å². The molecule has 4 aromatic carbocycles. The minimum absolute atomic E-state index is 0. The smallest absolute Gasteiger partial charge is 0.0540 e. The first-order valence-electron chi connectivity index (χ1n) is 10.6. The van der Waals surface area contributed by atoms with Crippen LogP contribution in [0.15, 0.2) is 97.2 Å². The Balaban J connectivity index is 0.00000206. The molecule has 7 rings (SSSR count). The number of fused-ring (bicyclic) bond motifs is 7. The third kappa shape index (κ3) is 3.25. The van der Waals surface area contributed by atoms with Gasteiger partial charge in [0.15, 0.2) is 0 Å². The van der Waals surface area contributed by atoms with Crippen LogP contribution < -0.4 is 0 Å². The molecular formula is C29H16IrNS2-. The predicted octanol–water partition coefficient (Wildman–Crippen LogP) is 8.95. The molecule has 0 amide bonds. The quantitative estimate of drug-likeness (QED) is 0.173. The van der Waals surface area contributed by atoms with E-state index in [-0.39, 0.29) is 20.1 Å². The molecule has 0 spiro atoms. The minimum Gasteiger partial charge on any atom is -0.305 e. The van der Waals surface area contributed by atoms with Crippen molar-refractivity contribution < 1.29 is 20.1 Å². The Morgan fingerprint density at radius 1 is 0.667 bits per heavy atom. The van der Waals surface area contributed by atoms with E-state index in [1.165, 1.54) is 51.5 Å². The first-order valence-corrected chi connectivity index (χ1v) is 12.2. The Morgan fingerprint density at radius 2 is 1.39 bits per heavy atom. The fourth-order valence-corrected chi connectivity index (χ4v) is 7.14. The summed E-state index contributed by atoms with van der Waals surface area (Å²) in [5.74, 6) is 0. The standard InChI is InChI=1S/C29H16NS2.Ir/c1-2-8-18(9-3-1)24-16-19(14-15-30-24)22-17-23-20-10-4-6-12-25(20)31-28(23)29-27(22)21-11-5-7-13-26(21)32-29;/h1-8,10-17H;/q-1;. The van der Waals surface area contributed by atoms with Gasteiger partial charge in [-0.15, -0.1) is 58.6 Å². The van der Waals surface area contributed by atoms with Crippen molar-refractivity contribution in [3.05, 3.63) is 103 Å². The normalized spacial score (nSPS) is 11.4. The molecule has 3 heterocycles. The van der Waals surface area contributed by atoms with Crippen LogP contribution in [-0.2, 0) is 20.1 Å². The zero-order chi connectivity index (χ0) is 21.1. The van der Waals surface area contributed by atoms with E-state index in [1.54, 1.807) is 0 Å². The van der Waals surface area contributed by atoms with Crippen molar-refractivity contribution in [2.24, 2.45) is 0 Å². The fraction of sp³-hybridized carbons (Fsp3) is 0. The molecule has 159 valence electrons. The summed E-state index contributed by atoms with van der Waals surface area (Å²) in [6.07, 6.45) is 1.92. The molecule has 1 radical (unpaired) electrons. The van der Waals surface area contributed by atoms with E-state index in [9.17, 15) is 0 Å². The van der Waals surface area contributed by atoms with E-state index in [0.29, 0.717) is 0 Å². The van der Waals surface area contributed by atoms with Crippen LogP contribution >= 0.6 is 22.7 Å². The van der Waals surface area contributed by atoms with Gasteiger partial charge in [-0.2, -0.15) is 0 Å². The SMILES string of the molecule is [Ir].[c-]1ccccc1-c1cc(-c2cc3c4ccccc4sc3c3sc4ccccc4c23)ccn1. The average Bonchev–Trinajstić information content (AvgIpc) is 3.43. The second-order valence-corrected chi connectivity index (χ2v) is 10.0. The minimum atomic E-state index is 0. The van der Waals surface area contributed by atoms with Crippen LogP contribution in [0.25, 0.3) is 62.7 Å². The molecule has 0 saturated carbocycles. The van der Waals surface area contributed by atoms with Gasteiger partial charge in [0.2, 0.25) is 0 Å². The monoisotopic (exact) mass is 635 g/mol. The average molecular weight is 635 g/mol. The van der Waals surface area contributed by atoms with Gasteiger partial charge in [0.25, 0.3) is 0 Å². The molecule has 0 fully saturated rings. The number of pyridine rings is 1. The van der Waals surface area contributed by atoms with Gasteiger partial charge in [0.1, 0.15) is 0 Å². The van der Waals surface area contributed by atoms with Crippen LogP contribution in [0.2, 0.25) is 0 Å². The molecule has 0 aliphatic rings. The van der Waals surface area contributed by atoms with Crippen LogP contribution in [0, 0.1) is 6.07 Å². The molecule has 0 saturated heterocycles. The van der Waals surface area contributed by atoms with E-state index in [1.807, 2.05) is 47.1 Å². The van der Waals surface area contributed by atoms with Gasteiger partial charge < -0.3 is 4.98 Å². The number of hydrogen-bond acceptors (Lipinski definition) is 3. The summed E-state index contributed by atoms with van der Waals surface area (Å²) < 4.78 is 5.44. The van der Waals surface area contributed by atoms with Gasteiger partial charge in [-0.1, -0.05) is 42.5 Å². The van der Waals surface area contributed by atoms with Crippen LogP contribution in [0.1, 0.15) is 0 Å². The fourth-order valence-electron chi connectivity index (χ4n) is 4.59. The van der Waals surface area contributed by atoms with E-state index in [0.717, 1.165) is 11.3 Å². The molecule has 33 heavy (non-hydrogen) atoms. The summed E-state index contributed by atoms with van der Waals surface area (Å²) in [5.41, 5.74) is 4.43. The maximum atomic E-state index is 4.64. The molecule has 1 nitrogen and oxygen atoms in total. The van der Waals surface area contributed by atoms with Gasteiger partial charge in [-0.05, 0) is 41.1 Å². The number of thiophene rings is 2. The maximum absolute atomic E-state index is 4.64. The molecule has 3 aromatic heterocycles. The molecule has 0 bridgehead atoms. The number of nitrogens with zero attached hydrogens (tertiary/aromatic N) is 1. The van der Waals surface area contributed by atoms with Gasteiger partial charge >= 0.3 is 0 Å². The number of hydrogen-bond donors (Lipinski definition) is 0. The second kappa shape index (κ2) is 8.16. The molecule has 4 heteroatoms. The molecule has 0 aliphatic carbocycles. The third-order valence-electron chi connectivity index (χ3n) is 6.05. The Kier molecular flexibility index (Phi) is 5.12. The Hall–Kier alpha value is -2.88. The van der Waals surface area contributed by atoms with E-state index < -0.39 is 0 Å². The third-order valence-corrected chi connectivity index (χ3v) is 8.57. The number of rotatable bonds is 2. The molecular weight excluding hydrogens is 619 g/mol. The molecule has 0 atom stereocenters. The van der Waals surface area contributed by atoms with Crippen molar-refractivity contribution in [2.45, 2.75) is 0 Å². The van der Waals surface area contributed by atoms with Gasteiger partial charge in [-0.3, -0.25) is 0 Å². The second-order valence-electron chi connectivity index (χ2n) is 7.91. The van der Waals surface area contributed by atoms with Gasteiger partial charge in [0.05, 0.1) is 9.40 Å². The van der Waals surface area contributed by atoms with Crippen molar-refractivity contribution in [2.75, 3.05) is 0 Å². The van der Waals surface area contributed by atoms with E-state index >= 15 is 0 Å². The largest absolute Gasteiger partial charge is 0.305 e. The summed E-state index contributed by atoms with van der Waals surface area (Å²) in [4.78, 5) is 4.64. The van der Waals surface area contributed by atoms with Gasteiger partial charge in [0, 0.05) is 57.2 Å². The van der Waals surface area contributed by atoms with Crippen molar-refractivity contribution in [3.8, 4) is 22.4 Å².